The largest absolute Gasteiger partial charge is 0.103 e. The van der Waals surface area contributed by atoms with Crippen molar-refractivity contribution in [3.63, 3.8) is 0 Å². The molecule has 0 saturated heterocycles. The van der Waals surface area contributed by atoms with Gasteiger partial charge >= 0.3 is 0 Å². The van der Waals surface area contributed by atoms with Gasteiger partial charge in [-0.05, 0) is 36.5 Å². The first-order valence-electron chi connectivity index (χ1n) is 4.78. The summed E-state index contributed by atoms with van der Waals surface area (Å²) in [6, 6.07) is 0. The molecular weight excluding hydrogens is 144 g/mol. The normalized spacial score (nSPS) is 44.3. The molecule has 64 valence electrons. The molecule has 4 unspecified atom stereocenters. The predicted molar refractivity (Wildman–Crippen MR) is 52.7 cm³/mol. The van der Waals surface area contributed by atoms with E-state index in [0.29, 0.717) is 5.92 Å². The number of hydrogen-bond donors (Lipinski definition) is 0. The van der Waals surface area contributed by atoms with Crippen molar-refractivity contribution in [1.29, 1.82) is 0 Å². The van der Waals surface area contributed by atoms with E-state index < -0.39 is 0 Å². The van der Waals surface area contributed by atoms with Crippen LogP contribution in [0.2, 0.25) is 0 Å². The van der Waals surface area contributed by atoms with Gasteiger partial charge in [-0.3, -0.25) is 0 Å². The third-order valence-electron chi connectivity index (χ3n) is 3.46. The third kappa shape index (κ3) is 0.979. The third-order valence-corrected chi connectivity index (χ3v) is 3.46. The Bertz CT molecular complexity index is 224. The smallest absolute Gasteiger partial charge is 0.0133 e. The summed E-state index contributed by atoms with van der Waals surface area (Å²) in [6.07, 6.45) is 11.5. The van der Waals surface area contributed by atoms with Crippen LogP contribution >= 0.6 is 0 Å². The average molecular weight is 160 g/mol. The molecule has 0 N–H and O–H groups in total. The summed E-state index contributed by atoms with van der Waals surface area (Å²) in [6.45, 7) is 7.81. The van der Waals surface area contributed by atoms with E-state index in [4.69, 9.17) is 0 Å². The Kier molecular flexibility index (Phi) is 1.92. The molecule has 12 heavy (non-hydrogen) atoms. The highest BCUT2D eigenvalue weighted by atomic mass is 14.4. The lowest BCUT2D eigenvalue weighted by atomic mass is 9.90. The first-order chi connectivity index (χ1) is 5.86. The van der Waals surface area contributed by atoms with Gasteiger partial charge in [-0.1, -0.05) is 24.3 Å². The molecule has 0 bridgehead atoms. The summed E-state index contributed by atoms with van der Waals surface area (Å²) in [5, 5.41) is 0. The topological polar surface area (TPSA) is 0 Å². The van der Waals surface area contributed by atoms with Gasteiger partial charge < -0.3 is 0 Å². The average Bonchev–Trinajstić information content (AvgIpc) is 2.63. The van der Waals surface area contributed by atoms with Gasteiger partial charge in [-0.25, -0.2) is 0 Å². The zero-order valence-corrected chi connectivity index (χ0v) is 7.45. The molecule has 0 heterocycles. The minimum Gasteiger partial charge on any atom is -0.103 e. The summed E-state index contributed by atoms with van der Waals surface area (Å²) < 4.78 is 0. The lowest BCUT2D eigenvalue weighted by Gasteiger charge is -2.14. The minimum absolute atomic E-state index is 0.705. The van der Waals surface area contributed by atoms with Crippen molar-refractivity contribution in [3.8, 4) is 0 Å². The van der Waals surface area contributed by atoms with Crippen molar-refractivity contribution in [2.75, 3.05) is 0 Å². The molecule has 4 atom stereocenters. The number of allylic oxidation sites excluding steroid dienone is 4. The van der Waals surface area contributed by atoms with Crippen LogP contribution in [0.5, 0.6) is 0 Å². The molecule has 0 heteroatoms. The van der Waals surface area contributed by atoms with Crippen molar-refractivity contribution in [2.45, 2.75) is 12.8 Å². The van der Waals surface area contributed by atoms with Gasteiger partial charge in [0, 0.05) is 0 Å². The van der Waals surface area contributed by atoms with Gasteiger partial charge in [0.15, 0.2) is 0 Å². The van der Waals surface area contributed by atoms with Crippen LogP contribution in [-0.4, -0.2) is 0 Å². The van der Waals surface area contributed by atoms with E-state index in [1.54, 1.807) is 0 Å². The second kappa shape index (κ2) is 2.93. The van der Waals surface area contributed by atoms with E-state index in [1.807, 2.05) is 0 Å². The zero-order valence-electron chi connectivity index (χ0n) is 7.45. The van der Waals surface area contributed by atoms with Crippen LogP contribution in [0.25, 0.3) is 0 Å². The van der Waals surface area contributed by atoms with Crippen LogP contribution in [0.4, 0.5) is 0 Å². The van der Waals surface area contributed by atoms with Crippen LogP contribution in [-0.2, 0) is 0 Å². The van der Waals surface area contributed by atoms with Crippen LogP contribution in [0.1, 0.15) is 12.8 Å². The second-order valence-electron chi connectivity index (χ2n) is 3.94. The Balaban J connectivity index is 2.19. The van der Waals surface area contributed by atoms with Crippen LogP contribution in [0, 0.1) is 23.7 Å². The van der Waals surface area contributed by atoms with E-state index in [-0.39, 0.29) is 0 Å². The summed E-state index contributed by atoms with van der Waals surface area (Å²) in [5.74, 6) is 3.04. The Morgan fingerprint density at radius 1 is 1.17 bits per heavy atom. The highest BCUT2D eigenvalue weighted by Crippen LogP contribution is 2.48. The first kappa shape index (κ1) is 7.85. The molecule has 0 aliphatic heterocycles. The van der Waals surface area contributed by atoms with E-state index in [9.17, 15) is 0 Å². The standard InChI is InChI=1S/C12H16/c1-3-9-8-10(4-2)12-7-5-6-11(9)12/h3-6,9-12H,1-2,7-8H2. The molecule has 0 spiro atoms. The Hall–Kier alpha value is -0.780. The number of hydrogen-bond acceptors (Lipinski definition) is 0. The van der Waals surface area contributed by atoms with E-state index in [0.717, 1.165) is 17.8 Å². The summed E-state index contributed by atoms with van der Waals surface area (Å²) in [4.78, 5) is 0. The van der Waals surface area contributed by atoms with Crippen LogP contribution < -0.4 is 0 Å². The Morgan fingerprint density at radius 2 is 1.92 bits per heavy atom. The van der Waals surface area contributed by atoms with Crippen molar-refractivity contribution >= 4 is 0 Å². The van der Waals surface area contributed by atoms with Crippen molar-refractivity contribution in [2.24, 2.45) is 23.7 Å². The molecule has 0 nitrogen and oxygen atoms in total. The lowest BCUT2D eigenvalue weighted by molar-refractivity contribution is 0.414. The maximum Gasteiger partial charge on any atom is -0.0133 e. The molecule has 0 aromatic rings. The molecule has 0 aromatic carbocycles. The predicted octanol–water partition coefficient (Wildman–Crippen LogP) is 3.19. The van der Waals surface area contributed by atoms with Crippen LogP contribution in [0.15, 0.2) is 37.5 Å². The second-order valence-corrected chi connectivity index (χ2v) is 3.94. The Morgan fingerprint density at radius 3 is 2.58 bits per heavy atom. The SMILES string of the molecule is C=CC1CC(C=C)C2CC=CC12. The minimum atomic E-state index is 0.705. The van der Waals surface area contributed by atoms with Crippen molar-refractivity contribution in [3.05, 3.63) is 37.5 Å². The fourth-order valence-electron chi connectivity index (χ4n) is 2.78. The van der Waals surface area contributed by atoms with Crippen LogP contribution in [0.3, 0.4) is 0 Å². The fourth-order valence-corrected chi connectivity index (χ4v) is 2.78. The highest BCUT2D eigenvalue weighted by molar-refractivity contribution is 5.14. The fraction of sp³-hybridized carbons (Fsp3) is 0.500. The molecular formula is C12H16. The summed E-state index contributed by atoms with van der Waals surface area (Å²) in [5.41, 5.74) is 0. The van der Waals surface area contributed by atoms with Gasteiger partial charge in [0.2, 0.25) is 0 Å². The molecule has 1 saturated carbocycles. The molecule has 1 fully saturated rings. The van der Waals surface area contributed by atoms with Gasteiger partial charge in [0.1, 0.15) is 0 Å². The molecule has 0 radical (unpaired) electrons. The molecule has 2 rings (SSSR count). The van der Waals surface area contributed by atoms with Gasteiger partial charge in [-0.15, -0.1) is 13.2 Å². The summed E-state index contributed by atoms with van der Waals surface area (Å²) >= 11 is 0. The van der Waals surface area contributed by atoms with Gasteiger partial charge in [0.25, 0.3) is 0 Å². The molecule has 2 aliphatic carbocycles. The molecule has 2 aliphatic rings. The van der Waals surface area contributed by atoms with E-state index in [1.165, 1.54) is 12.8 Å². The van der Waals surface area contributed by atoms with Crippen molar-refractivity contribution < 1.29 is 0 Å². The van der Waals surface area contributed by atoms with E-state index >= 15 is 0 Å². The molecule has 0 aromatic heterocycles. The van der Waals surface area contributed by atoms with Gasteiger partial charge in [-0.2, -0.15) is 0 Å². The zero-order chi connectivity index (χ0) is 8.55. The highest BCUT2D eigenvalue weighted by Gasteiger charge is 2.40. The van der Waals surface area contributed by atoms with E-state index in [2.05, 4.69) is 37.5 Å². The lowest BCUT2D eigenvalue weighted by Crippen LogP contribution is -2.08. The van der Waals surface area contributed by atoms with Crippen molar-refractivity contribution in [1.82, 2.24) is 0 Å². The quantitative estimate of drug-likeness (QED) is 0.544. The van der Waals surface area contributed by atoms with Gasteiger partial charge in [0.05, 0.1) is 0 Å². The maximum atomic E-state index is 3.91. The molecule has 0 amide bonds. The number of fused-ring (bicyclic) bond motifs is 1. The number of rotatable bonds is 2. The summed E-state index contributed by atoms with van der Waals surface area (Å²) in [7, 11) is 0. The Labute approximate surface area is 74.7 Å². The maximum absolute atomic E-state index is 3.91. The first-order valence-corrected chi connectivity index (χ1v) is 4.78. The monoisotopic (exact) mass is 160 g/mol.